The Balaban J connectivity index is 2.87. The molecule has 0 saturated heterocycles. The van der Waals surface area contributed by atoms with Crippen LogP contribution in [0.5, 0.6) is 5.75 Å². The van der Waals surface area contributed by atoms with Crippen molar-refractivity contribution in [1.29, 1.82) is 0 Å². The number of rotatable bonds is 8. The lowest BCUT2D eigenvalue weighted by Crippen LogP contribution is -1.97. The van der Waals surface area contributed by atoms with E-state index in [0.717, 1.165) is 18.6 Å². The summed E-state index contributed by atoms with van der Waals surface area (Å²) in [5.74, 6) is 0.868. The van der Waals surface area contributed by atoms with Gasteiger partial charge in [0, 0.05) is 0 Å². The van der Waals surface area contributed by atoms with Crippen LogP contribution in [0.2, 0.25) is 0 Å². The summed E-state index contributed by atoms with van der Waals surface area (Å²) in [4.78, 5) is 8.94. The molecular weight excluding hydrogens is 231 g/mol. The van der Waals surface area contributed by atoms with E-state index in [1.54, 1.807) is 0 Å². The molecule has 0 fully saturated rings. The van der Waals surface area contributed by atoms with Crippen molar-refractivity contribution in [2.24, 2.45) is 0 Å². The van der Waals surface area contributed by atoms with Gasteiger partial charge in [-0.05, 0) is 42.9 Å². The molecule has 1 unspecified atom stereocenters. The van der Waals surface area contributed by atoms with E-state index >= 15 is 0 Å². The molecule has 0 aliphatic carbocycles. The highest BCUT2D eigenvalue weighted by atomic mass is 31.1. The van der Waals surface area contributed by atoms with Gasteiger partial charge >= 0.3 is 0 Å². The third kappa shape index (κ3) is 4.65. The van der Waals surface area contributed by atoms with Crippen LogP contribution in [0.4, 0.5) is 0 Å². The van der Waals surface area contributed by atoms with E-state index in [1.165, 1.54) is 36.8 Å². The fourth-order valence-corrected chi connectivity index (χ4v) is 2.28. The summed E-state index contributed by atoms with van der Waals surface area (Å²) in [5.41, 5.74) is 2.68. The Morgan fingerprint density at radius 2 is 1.82 bits per heavy atom. The molecule has 1 aromatic rings. The van der Waals surface area contributed by atoms with Gasteiger partial charge in [0.15, 0.2) is 0 Å². The van der Waals surface area contributed by atoms with Gasteiger partial charge in [-0.3, -0.25) is 0 Å². The first-order chi connectivity index (χ1) is 8.33. The van der Waals surface area contributed by atoms with Gasteiger partial charge in [0.25, 0.3) is 0 Å². The molecule has 0 heterocycles. The summed E-state index contributed by atoms with van der Waals surface area (Å²) < 4.78 is 5.34. The molecule has 0 aliphatic rings. The molecule has 2 nitrogen and oxygen atoms in total. The normalized spacial score (nSPS) is 11.2. The number of unbranched alkanes of at least 4 members (excludes halogenated alkanes) is 2. The summed E-state index contributed by atoms with van der Waals surface area (Å²) >= 11 is 0. The molecule has 0 bridgehead atoms. The summed E-state index contributed by atoms with van der Waals surface area (Å²) in [6.45, 7) is 4.41. The summed E-state index contributed by atoms with van der Waals surface area (Å²) in [6.07, 6.45) is 6.94. The highest BCUT2D eigenvalue weighted by Crippen LogP contribution is 2.29. The Hall–Kier alpha value is -0.590. The second-order valence-electron chi connectivity index (χ2n) is 4.29. The smallest absolute Gasteiger partial charge is 0.212 e. The molecular formula is C14H23O2P. The molecule has 1 N–H and O–H groups in total. The van der Waals surface area contributed by atoms with Gasteiger partial charge in [0.05, 0.1) is 0 Å². The van der Waals surface area contributed by atoms with Crippen molar-refractivity contribution in [2.45, 2.75) is 52.4 Å². The Morgan fingerprint density at radius 1 is 1.12 bits per heavy atom. The zero-order valence-corrected chi connectivity index (χ0v) is 11.8. The van der Waals surface area contributed by atoms with Crippen LogP contribution < -0.4 is 4.52 Å². The van der Waals surface area contributed by atoms with E-state index < -0.39 is 9.03 Å². The van der Waals surface area contributed by atoms with Crippen molar-refractivity contribution in [1.82, 2.24) is 0 Å². The molecule has 0 saturated carbocycles. The average molecular weight is 254 g/mol. The van der Waals surface area contributed by atoms with E-state index in [-0.39, 0.29) is 0 Å². The van der Waals surface area contributed by atoms with Gasteiger partial charge < -0.3 is 9.42 Å². The van der Waals surface area contributed by atoms with Crippen LogP contribution in [0.1, 0.15) is 50.7 Å². The van der Waals surface area contributed by atoms with Gasteiger partial charge in [-0.1, -0.05) is 38.8 Å². The van der Waals surface area contributed by atoms with Gasteiger partial charge in [-0.25, -0.2) is 0 Å². The topological polar surface area (TPSA) is 29.5 Å². The van der Waals surface area contributed by atoms with Crippen molar-refractivity contribution in [3.05, 3.63) is 29.3 Å². The molecule has 1 aromatic carbocycles. The Labute approximate surface area is 106 Å². The largest absolute Gasteiger partial charge is 0.450 e. The highest BCUT2D eigenvalue weighted by Gasteiger charge is 2.08. The van der Waals surface area contributed by atoms with Crippen molar-refractivity contribution in [3.8, 4) is 5.75 Å². The van der Waals surface area contributed by atoms with Crippen LogP contribution in [0.3, 0.4) is 0 Å². The first kappa shape index (κ1) is 14.5. The quantitative estimate of drug-likeness (QED) is 0.703. The zero-order chi connectivity index (χ0) is 12.5. The molecule has 0 spiro atoms. The van der Waals surface area contributed by atoms with Gasteiger partial charge in [-0.15, -0.1) is 0 Å². The monoisotopic (exact) mass is 254 g/mol. The maximum Gasteiger partial charge on any atom is 0.212 e. The molecule has 3 heteroatoms. The number of hydrogen-bond acceptors (Lipinski definition) is 2. The number of hydrogen-bond donors (Lipinski definition) is 1. The number of benzene rings is 1. The fourth-order valence-electron chi connectivity index (χ4n) is 1.99. The maximum absolute atomic E-state index is 8.94. The van der Waals surface area contributed by atoms with Crippen LogP contribution in [-0.4, -0.2) is 4.89 Å². The summed E-state index contributed by atoms with van der Waals surface area (Å²) in [5, 5.41) is 0. The summed E-state index contributed by atoms with van der Waals surface area (Å²) in [7, 11) is -0.465. The Bertz CT molecular complexity index is 326. The minimum absolute atomic E-state index is 0.465. The van der Waals surface area contributed by atoms with E-state index in [0.29, 0.717) is 0 Å². The van der Waals surface area contributed by atoms with Gasteiger partial charge in [0.2, 0.25) is 9.03 Å². The second-order valence-corrected chi connectivity index (χ2v) is 4.68. The number of aryl methyl sites for hydroxylation is 1. The fraction of sp³-hybridized carbons (Fsp3) is 0.571. The minimum Gasteiger partial charge on any atom is -0.450 e. The first-order valence-corrected chi connectivity index (χ1v) is 7.35. The van der Waals surface area contributed by atoms with Crippen LogP contribution in [0.25, 0.3) is 0 Å². The second kappa shape index (κ2) is 8.49. The van der Waals surface area contributed by atoms with Crippen LogP contribution in [0.15, 0.2) is 18.2 Å². The van der Waals surface area contributed by atoms with Crippen LogP contribution in [0, 0.1) is 0 Å². The molecule has 0 radical (unpaired) electrons. The van der Waals surface area contributed by atoms with E-state index in [2.05, 4.69) is 19.9 Å². The molecule has 0 aromatic heterocycles. The predicted molar refractivity (Wildman–Crippen MR) is 74.8 cm³/mol. The van der Waals surface area contributed by atoms with E-state index in [9.17, 15) is 0 Å². The molecule has 17 heavy (non-hydrogen) atoms. The van der Waals surface area contributed by atoms with Gasteiger partial charge in [0.1, 0.15) is 5.75 Å². The van der Waals surface area contributed by atoms with E-state index in [1.807, 2.05) is 12.1 Å². The molecule has 1 rings (SSSR count). The molecule has 96 valence electrons. The van der Waals surface area contributed by atoms with Crippen molar-refractivity contribution >= 4 is 9.03 Å². The maximum atomic E-state index is 8.94. The lowest BCUT2D eigenvalue weighted by molar-refractivity contribution is 0.508. The standard InChI is InChI=1S/C14H23O2P/c1-3-5-8-12-9-7-11-14(16-17-15)13(12)10-6-4-2/h7,9,11,15,17H,3-6,8,10H2,1-2H3. The highest BCUT2D eigenvalue weighted by molar-refractivity contribution is 7.25. The Kier molecular flexibility index (Phi) is 7.23. The Morgan fingerprint density at radius 3 is 2.47 bits per heavy atom. The third-order valence-corrected chi connectivity index (χ3v) is 3.28. The van der Waals surface area contributed by atoms with Crippen molar-refractivity contribution < 1.29 is 9.42 Å². The SMILES string of the molecule is CCCCc1cccc(OPO)c1CCCC. The minimum atomic E-state index is -0.465. The molecule has 1 atom stereocenters. The van der Waals surface area contributed by atoms with Crippen molar-refractivity contribution in [2.75, 3.05) is 0 Å². The van der Waals surface area contributed by atoms with Crippen molar-refractivity contribution in [3.63, 3.8) is 0 Å². The average Bonchev–Trinajstić information content (AvgIpc) is 2.35. The molecule has 0 amide bonds. The first-order valence-electron chi connectivity index (χ1n) is 6.50. The van der Waals surface area contributed by atoms with Crippen LogP contribution >= 0.6 is 9.03 Å². The lowest BCUT2D eigenvalue weighted by atomic mass is 9.97. The lowest BCUT2D eigenvalue weighted by Gasteiger charge is -2.14. The zero-order valence-electron chi connectivity index (χ0n) is 10.8. The van der Waals surface area contributed by atoms with Gasteiger partial charge in [-0.2, -0.15) is 0 Å². The third-order valence-electron chi connectivity index (χ3n) is 2.97. The predicted octanol–water partition coefficient (Wildman–Crippen LogP) is 4.25. The van der Waals surface area contributed by atoms with Crippen LogP contribution in [-0.2, 0) is 12.8 Å². The molecule has 0 aliphatic heterocycles. The van der Waals surface area contributed by atoms with E-state index in [4.69, 9.17) is 9.42 Å². The summed E-state index contributed by atoms with van der Waals surface area (Å²) in [6, 6.07) is 6.17.